The summed E-state index contributed by atoms with van der Waals surface area (Å²) in [4.78, 5) is 15.1. The zero-order valence-corrected chi connectivity index (χ0v) is 10.3. The molecule has 0 radical (unpaired) electrons. The summed E-state index contributed by atoms with van der Waals surface area (Å²) in [5.74, 6) is 1.08. The van der Waals surface area contributed by atoms with Gasteiger partial charge in [0.1, 0.15) is 11.3 Å². The van der Waals surface area contributed by atoms with E-state index in [0.717, 1.165) is 22.4 Å². The molecule has 2 aromatic heterocycles. The first-order chi connectivity index (χ1) is 9.30. The van der Waals surface area contributed by atoms with Crippen LogP contribution < -0.4 is 4.74 Å². The van der Waals surface area contributed by atoms with E-state index in [1.807, 2.05) is 30.3 Å². The number of furan rings is 1. The van der Waals surface area contributed by atoms with Gasteiger partial charge in [-0.1, -0.05) is 12.1 Å². The lowest BCUT2D eigenvalue weighted by Crippen LogP contribution is -1.85. The summed E-state index contributed by atoms with van der Waals surface area (Å²) in [5, 5.41) is 0.814. The minimum Gasteiger partial charge on any atom is -0.497 e. The molecule has 1 aromatic carbocycles. The third-order valence-corrected chi connectivity index (χ3v) is 2.90. The Hall–Kier alpha value is -2.62. The monoisotopic (exact) mass is 253 g/mol. The van der Waals surface area contributed by atoms with Gasteiger partial charge in [-0.25, -0.2) is 0 Å². The summed E-state index contributed by atoms with van der Waals surface area (Å²) in [5.41, 5.74) is 2.36. The minimum absolute atomic E-state index is 0.305. The second kappa shape index (κ2) is 4.57. The van der Waals surface area contributed by atoms with Gasteiger partial charge in [-0.05, 0) is 18.2 Å². The highest BCUT2D eigenvalue weighted by molar-refractivity contribution is 5.86. The molecule has 3 aromatic rings. The van der Waals surface area contributed by atoms with Crippen molar-refractivity contribution < 1.29 is 13.9 Å². The van der Waals surface area contributed by atoms with Crippen LogP contribution >= 0.6 is 0 Å². The molecule has 2 heterocycles. The molecular weight excluding hydrogens is 242 g/mol. The van der Waals surface area contributed by atoms with Gasteiger partial charge in [-0.2, -0.15) is 0 Å². The average Bonchev–Trinajstić information content (AvgIpc) is 2.89. The van der Waals surface area contributed by atoms with E-state index >= 15 is 0 Å². The van der Waals surface area contributed by atoms with Crippen LogP contribution in [0.5, 0.6) is 5.75 Å². The maximum absolute atomic E-state index is 10.7. The highest BCUT2D eigenvalue weighted by Crippen LogP contribution is 2.26. The summed E-state index contributed by atoms with van der Waals surface area (Å²) < 4.78 is 10.6. The Morgan fingerprint density at radius 1 is 1.26 bits per heavy atom. The molecule has 0 saturated heterocycles. The molecule has 0 amide bonds. The molecule has 0 saturated carbocycles. The lowest BCUT2D eigenvalue weighted by atomic mass is 10.1. The summed E-state index contributed by atoms with van der Waals surface area (Å²) >= 11 is 0. The number of rotatable bonds is 3. The number of hydrogen-bond donors (Lipinski definition) is 0. The van der Waals surface area contributed by atoms with Crippen LogP contribution in [0, 0.1) is 0 Å². The van der Waals surface area contributed by atoms with Crippen molar-refractivity contribution in [1.29, 1.82) is 0 Å². The number of ether oxygens (including phenoxy) is 1. The van der Waals surface area contributed by atoms with Gasteiger partial charge in [0.2, 0.25) is 0 Å². The van der Waals surface area contributed by atoms with E-state index in [4.69, 9.17) is 9.15 Å². The zero-order valence-electron chi connectivity index (χ0n) is 10.3. The maximum Gasteiger partial charge on any atom is 0.185 e. The SMILES string of the molecule is COc1cccc(-c2cc3oc(C=O)cc3cn2)c1. The number of carbonyl (C=O) groups excluding carboxylic acids is 1. The third-order valence-electron chi connectivity index (χ3n) is 2.90. The highest BCUT2D eigenvalue weighted by atomic mass is 16.5. The van der Waals surface area contributed by atoms with Crippen LogP contribution in [0.15, 0.2) is 47.0 Å². The molecule has 0 bridgehead atoms. The first-order valence-corrected chi connectivity index (χ1v) is 5.79. The van der Waals surface area contributed by atoms with Gasteiger partial charge in [0.25, 0.3) is 0 Å². The number of hydrogen-bond acceptors (Lipinski definition) is 4. The molecule has 0 unspecified atom stereocenters. The van der Waals surface area contributed by atoms with Gasteiger partial charge >= 0.3 is 0 Å². The number of methoxy groups -OCH3 is 1. The van der Waals surface area contributed by atoms with Crippen molar-refractivity contribution in [2.24, 2.45) is 0 Å². The Kier molecular flexibility index (Phi) is 2.76. The first-order valence-electron chi connectivity index (χ1n) is 5.79. The molecule has 0 fully saturated rings. The smallest absolute Gasteiger partial charge is 0.185 e. The second-order valence-electron chi connectivity index (χ2n) is 4.11. The van der Waals surface area contributed by atoms with Gasteiger partial charge < -0.3 is 9.15 Å². The predicted octanol–water partition coefficient (Wildman–Crippen LogP) is 3.32. The van der Waals surface area contributed by atoms with E-state index in [9.17, 15) is 4.79 Å². The number of pyridine rings is 1. The van der Waals surface area contributed by atoms with Gasteiger partial charge in [-0.3, -0.25) is 9.78 Å². The largest absolute Gasteiger partial charge is 0.497 e. The van der Waals surface area contributed by atoms with Crippen molar-refractivity contribution >= 4 is 17.3 Å². The summed E-state index contributed by atoms with van der Waals surface area (Å²) in [6.45, 7) is 0. The Bertz CT molecular complexity index is 746. The Balaban J connectivity index is 2.11. The van der Waals surface area contributed by atoms with Crippen molar-refractivity contribution in [2.75, 3.05) is 7.11 Å². The highest BCUT2D eigenvalue weighted by Gasteiger charge is 2.07. The van der Waals surface area contributed by atoms with Crippen LogP contribution in [-0.2, 0) is 0 Å². The third kappa shape index (κ3) is 2.08. The van der Waals surface area contributed by atoms with Crippen molar-refractivity contribution in [3.63, 3.8) is 0 Å². The van der Waals surface area contributed by atoms with Gasteiger partial charge in [0.05, 0.1) is 12.8 Å². The first kappa shape index (κ1) is 11.5. The number of aromatic nitrogens is 1. The molecule has 19 heavy (non-hydrogen) atoms. The lowest BCUT2D eigenvalue weighted by molar-refractivity contribution is 0.110. The molecule has 0 N–H and O–H groups in total. The Morgan fingerprint density at radius 2 is 2.16 bits per heavy atom. The lowest BCUT2D eigenvalue weighted by Gasteiger charge is -2.03. The number of fused-ring (bicyclic) bond motifs is 1. The fraction of sp³-hybridized carbons (Fsp3) is 0.0667. The quantitative estimate of drug-likeness (QED) is 0.672. The van der Waals surface area contributed by atoms with Gasteiger partial charge in [-0.15, -0.1) is 0 Å². The molecule has 4 heteroatoms. The van der Waals surface area contributed by atoms with Crippen LogP contribution in [0.1, 0.15) is 10.6 Å². The van der Waals surface area contributed by atoms with Crippen molar-refractivity contribution in [2.45, 2.75) is 0 Å². The number of aldehydes is 1. The summed E-state index contributed by atoms with van der Waals surface area (Å²) in [7, 11) is 1.62. The van der Waals surface area contributed by atoms with E-state index in [1.54, 1.807) is 19.4 Å². The standard InChI is InChI=1S/C15H11NO3/c1-18-12-4-2-3-10(5-12)14-7-15-11(8-16-14)6-13(9-17)19-15/h2-9H,1H3. The van der Waals surface area contributed by atoms with Crippen LogP contribution in [0.4, 0.5) is 0 Å². The van der Waals surface area contributed by atoms with Crippen molar-refractivity contribution in [1.82, 2.24) is 4.98 Å². The molecule has 0 aliphatic heterocycles. The zero-order chi connectivity index (χ0) is 13.2. The molecule has 0 spiro atoms. The second-order valence-corrected chi connectivity index (χ2v) is 4.11. The molecular formula is C15H11NO3. The predicted molar refractivity (Wildman–Crippen MR) is 71.4 cm³/mol. The van der Waals surface area contributed by atoms with E-state index in [-0.39, 0.29) is 0 Å². The summed E-state index contributed by atoms with van der Waals surface area (Å²) in [6.07, 6.45) is 2.38. The number of nitrogens with zero attached hydrogens (tertiary/aromatic N) is 1. The van der Waals surface area contributed by atoms with Crippen molar-refractivity contribution in [3.8, 4) is 17.0 Å². The maximum atomic E-state index is 10.7. The minimum atomic E-state index is 0.305. The van der Waals surface area contributed by atoms with Crippen molar-refractivity contribution in [3.05, 3.63) is 48.4 Å². The van der Waals surface area contributed by atoms with E-state index in [0.29, 0.717) is 17.6 Å². The molecule has 94 valence electrons. The van der Waals surface area contributed by atoms with Crippen LogP contribution in [0.2, 0.25) is 0 Å². The average molecular weight is 253 g/mol. The molecule has 0 atom stereocenters. The number of benzene rings is 1. The van der Waals surface area contributed by atoms with Crippen LogP contribution in [0.25, 0.3) is 22.2 Å². The normalized spacial score (nSPS) is 10.6. The fourth-order valence-corrected chi connectivity index (χ4v) is 1.95. The summed E-state index contributed by atoms with van der Waals surface area (Å²) in [6, 6.07) is 11.1. The molecule has 4 nitrogen and oxygen atoms in total. The Morgan fingerprint density at radius 3 is 2.95 bits per heavy atom. The Labute approximate surface area is 109 Å². The molecule has 0 aliphatic carbocycles. The van der Waals surface area contributed by atoms with Crippen LogP contribution in [-0.4, -0.2) is 18.4 Å². The van der Waals surface area contributed by atoms with E-state index in [1.165, 1.54) is 0 Å². The van der Waals surface area contributed by atoms with E-state index in [2.05, 4.69) is 4.98 Å². The van der Waals surface area contributed by atoms with Crippen LogP contribution in [0.3, 0.4) is 0 Å². The number of carbonyl (C=O) groups is 1. The molecule has 3 rings (SSSR count). The van der Waals surface area contributed by atoms with Gasteiger partial charge in [0, 0.05) is 23.2 Å². The molecule has 0 aliphatic rings. The fourth-order valence-electron chi connectivity index (χ4n) is 1.95. The van der Waals surface area contributed by atoms with Gasteiger partial charge in [0.15, 0.2) is 12.0 Å². The topological polar surface area (TPSA) is 52.3 Å². The van der Waals surface area contributed by atoms with E-state index < -0.39 is 0 Å².